The number of aromatic nitrogens is 2. The van der Waals surface area contributed by atoms with Crippen LogP contribution in [-0.2, 0) is 17.0 Å². The summed E-state index contributed by atoms with van der Waals surface area (Å²) in [5.41, 5.74) is -0.0964. The molecule has 0 aliphatic carbocycles. The molecule has 0 spiro atoms. The Hall–Kier alpha value is -3.05. The first-order valence-corrected chi connectivity index (χ1v) is 12.4. The molecule has 1 aliphatic heterocycles. The zero-order valence-electron chi connectivity index (χ0n) is 18.2. The molecular formula is C22H24N4O5S2. The van der Waals surface area contributed by atoms with Crippen LogP contribution in [0.25, 0.3) is 10.2 Å². The molecule has 33 heavy (non-hydrogen) atoms. The van der Waals surface area contributed by atoms with Crippen molar-refractivity contribution >= 4 is 45.3 Å². The standard InChI is InChI=1S/C22H24N4O5S2/c1-3-8-26-19(27)16-7-13-32-18(16)23-21(26)33-14-15-5-6-17(31-15)20(28)24-9-11-25(12-10-24)22(29)30-4-2/h3,5-7,13H,1,4,8-12,14H2,2H3. The van der Waals surface area contributed by atoms with Crippen molar-refractivity contribution in [3.05, 3.63) is 58.1 Å². The zero-order valence-corrected chi connectivity index (χ0v) is 19.8. The van der Waals surface area contributed by atoms with Crippen molar-refractivity contribution in [2.24, 2.45) is 0 Å². The average molecular weight is 489 g/mol. The number of ether oxygens (including phenoxy) is 1. The molecule has 0 atom stereocenters. The monoisotopic (exact) mass is 488 g/mol. The van der Waals surface area contributed by atoms with Crippen LogP contribution in [0.1, 0.15) is 23.2 Å². The molecule has 0 bridgehead atoms. The number of hydrogen-bond acceptors (Lipinski definition) is 8. The molecule has 4 heterocycles. The zero-order chi connectivity index (χ0) is 23.4. The Labute approximate surface area is 198 Å². The minimum Gasteiger partial charge on any atom is -0.455 e. The van der Waals surface area contributed by atoms with E-state index in [0.717, 1.165) is 0 Å². The van der Waals surface area contributed by atoms with Gasteiger partial charge in [-0.25, -0.2) is 9.78 Å². The van der Waals surface area contributed by atoms with Gasteiger partial charge in [0.25, 0.3) is 11.5 Å². The normalized spacial score (nSPS) is 14.0. The minimum atomic E-state index is -0.355. The average Bonchev–Trinajstić information content (AvgIpc) is 3.49. The second-order valence-corrected chi connectivity index (χ2v) is 9.11. The molecule has 0 unspecified atom stereocenters. The first kappa shape index (κ1) is 23.1. The third kappa shape index (κ3) is 4.98. The third-order valence-corrected chi connectivity index (χ3v) is 6.97. The van der Waals surface area contributed by atoms with Crippen LogP contribution in [0.2, 0.25) is 0 Å². The predicted octanol–water partition coefficient (Wildman–Crippen LogP) is 3.44. The summed E-state index contributed by atoms with van der Waals surface area (Å²) in [5.74, 6) is 1.07. The Morgan fingerprint density at radius 3 is 2.73 bits per heavy atom. The van der Waals surface area contributed by atoms with E-state index in [9.17, 15) is 14.4 Å². The lowest BCUT2D eigenvalue weighted by atomic mass is 10.3. The lowest BCUT2D eigenvalue weighted by molar-refractivity contribution is 0.0545. The minimum absolute atomic E-state index is 0.0964. The molecule has 1 saturated heterocycles. The van der Waals surface area contributed by atoms with E-state index in [0.29, 0.717) is 66.2 Å². The molecule has 174 valence electrons. The Balaban J connectivity index is 1.40. The van der Waals surface area contributed by atoms with Crippen molar-refractivity contribution in [3.8, 4) is 0 Å². The van der Waals surface area contributed by atoms with Gasteiger partial charge in [-0.15, -0.1) is 17.9 Å². The number of fused-ring (bicyclic) bond motifs is 1. The van der Waals surface area contributed by atoms with Gasteiger partial charge in [-0.05, 0) is 30.5 Å². The second kappa shape index (κ2) is 10.3. The predicted molar refractivity (Wildman–Crippen MR) is 127 cm³/mol. The van der Waals surface area contributed by atoms with Gasteiger partial charge in [0.15, 0.2) is 10.9 Å². The molecule has 1 fully saturated rings. The summed E-state index contributed by atoms with van der Waals surface area (Å²) in [6.07, 6.45) is 1.31. The number of piperazine rings is 1. The van der Waals surface area contributed by atoms with Crippen LogP contribution in [0, 0.1) is 0 Å². The van der Waals surface area contributed by atoms with Crippen molar-refractivity contribution in [2.75, 3.05) is 32.8 Å². The van der Waals surface area contributed by atoms with E-state index in [2.05, 4.69) is 11.6 Å². The van der Waals surface area contributed by atoms with E-state index in [-0.39, 0.29) is 23.3 Å². The third-order valence-electron chi connectivity index (χ3n) is 5.17. The summed E-state index contributed by atoms with van der Waals surface area (Å²) in [7, 11) is 0. The molecule has 11 heteroatoms. The van der Waals surface area contributed by atoms with Gasteiger partial charge in [-0.3, -0.25) is 14.2 Å². The van der Waals surface area contributed by atoms with Crippen molar-refractivity contribution < 1.29 is 18.7 Å². The Kier molecular flexibility index (Phi) is 7.19. The molecule has 0 N–H and O–H groups in total. The van der Waals surface area contributed by atoms with E-state index in [4.69, 9.17) is 9.15 Å². The summed E-state index contributed by atoms with van der Waals surface area (Å²) < 4.78 is 12.4. The van der Waals surface area contributed by atoms with Gasteiger partial charge < -0.3 is 19.0 Å². The van der Waals surface area contributed by atoms with Gasteiger partial charge in [0.2, 0.25) is 0 Å². The van der Waals surface area contributed by atoms with Gasteiger partial charge in [0.05, 0.1) is 17.7 Å². The van der Waals surface area contributed by atoms with E-state index in [1.165, 1.54) is 23.1 Å². The first-order valence-electron chi connectivity index (χ1n) is 10.5. The van der Waals surface area contributed by atoms with E-state index < -0.39 is 0 Å². The lowest BCUT2D eigenvalue weighted by Crippen LogP contribution is -2.50. The van der Waals surface area contributed by atoms with Crippen LogP contribution in [-0.4, -0.2) is 64.1 Å². The summed E-state index contributed by atoms with van der Waals surface area (Å²) >= 11 is 2.80. The first-order chi connectivity index (χ1) is 16.0. The van der Waals surface area contributed by atoms with Crippen LogP contribution in [0.15, 0.2) is 50.6 Å². The number of nitrogens with zero attached hydrogens (tertiary/aromatic N) is 4. The summed E-state index contributed by atoms with van der Waals surface area (Å²) in [6.45, 7) is 7.86. The molecule has 9 nitrogen and oxygen atoms in total. The van der Waals surface area contributed by atoms with Crippen molar-refractivity contribution in [2.45, 2.75) is 24.4 Å². The quantitative estimate of drug-likeness (QED) is 0.285. The molecule has 3 aromatic rings. The number of thioether (sulfide) groups is 1. The number of carbonyl (C=O) groups excluding carboxylic acids is 2. The largest absolute Gasteiger partial charge is 0.455 e. The van der Waals surface area contributed by atoms with Crippen molar-refractivity contribution in [1.82, 2.24) is 19.4 Å². The van der Waals surface area contributed by atoms with E-state index >= 15 is 0 Å². The SMILES string of the molecule is C=CCn1c(SCc2ccc(C(=O)N3CCN(C(=O)OCC)CC3)o2)nc2sccc2c1=O. The molecule has 1 aliphatic rings. The highest BCUT2D eigenvalue weighted by atomic mass is 32.2. The number of rotatable bonds is 7. The number of furan rings is 1. The van der Waals surface area contributed by atoms with E-state index in [1.54, 1.807) is 45.6 Å². The topological polar surface area (TPSA) is 97.9 Å². The molecule has 0 aromatic carbocycles. The van der Waals surface area contributed by atoms with Crippen LogP contribution >= 0.6 is 23.1 Å². The number of amides is 2. The van der Waals surface area contributed by atoms with Crippen LogP contribution < -0.4 is 5.56 Å². The fraction of sp³-hybridized carbons (Fsp3) is 0.364. The Bertz CT molecular complexity index is 1220. The van der Waals surface area contributed by atoms with Crippen molar-refractivity contribution in [1.29, 1.82) is 0 Å². The maximum atomic E-state index is 12.8. The van der Waals surface area contributed by atoms with Crippen molar-refractivity contribution in [3.63, 3.8) is 0 Å². The van der Waals surface area contributed by atoms with Gasteiger partial charge in [-0.1, -0.05) is 17.8 Å². The van der Waals surface area contributed by atoms with Gasteiger partial charge in [0.1, 0.15) is 10.6 Å². The van der Waals surface area contributed by atoms with Gasteiger partial charge >= 0.3 is 6.09 Å². The van der Waals surface area contributed by atoms with Gasteiger partial charge in [0, 0.05) is 32.7 Å². The van der Waals surface area contributed by atoms with E-state index in [1.807, 2.05) is 5.38 Å². The highest BCUT2D eigenvalue weighted by Crippen LogP contribution is 2.25. The highest BCUT2D eigenvalue weighted by molar-refractivity contribution is 7.98. The number of hydrogen-bond donors (Lipinski definition) is 0. The second-order valence-electron chi connectivity index (χ2n) is 7.27. The smallest absolute Gasteiger partial charge is 0.409 e. The van der Waals surface area contributed by atoms with Gasteiger partial charge in [-0.2, -0.15) is 0 Å². The maximum Gasteiger partial charge on any atom is 0.409 e. The Morgan fingerprint density at radius 1 is 1.24 bits per heavy atom. The number of thiophene rings is 1. The van der Waals surface area contributed by atoms with Crippen LogP contribution in [0.4, 0.5) is 4.79 Å². The van der Waals surface area contributed by atoms with Crippen LogP contribution in [0.5, 0.6) is 0 Å². The highest BCUT2D eigenvalue weighted by Gasteiger charge is 2.27. The molecule has 4 rings (SSSR count). The summed E-state index contributed by atoms with van der Waals surface area (Å²) in [4.78, 5) is 46.0. The maximum absolute atomic E-state index is 12.8. The summed E-state index contributed by atoms with van der Waals surface area (Å²) in [6, 6.07) is 5.19. The molecule has 0 saturated carbocycles. The summed E-state index contributed by atoms with van der Waals surface area (Å²) in [5, 5.41) is 3.03. The lowest BCUT2D eigenvalue weighted by Gasteiger charge is -2.33. The molecule has 0 radical (unpaired) electrons. The fourth-order valence-electron chi connectivity index (χ4n) is 3.50. The number of allylic oxidation sites excluding steroid dienone is 1. The molecule has 3 aromatic heterocycles. The fourth-order valence-corrected chi connectivity index (χ4v) is 5.21. The Morgan fingerprint density at radius 2 is 2.00 bits per heavy atom. The van der Waals surface area contributed by atoms with Crippen LogP contribution in [0.3, 0.4) is 0 Å². The number of carbonyl (C=O) groups is 2. The molecule has 2 amide bonds. The molecular weight excluding hydrogens is 464 g/mol.